The number of aromatic nitrogens is 2. The van der Waals surface area contributed by atoms with E-state index < -0.39 is 0 Å². The van der Waals surface area contributed by atoms with Gasteiger partial charge in [-0.25, -0.2) is 4.39 Å². The predicted molar refractivity (Wildman–Crippen MR) is 103 cm³/mol. The van der Waals surface area contributed by atoms with E-state index in [0.29, 0.717) is 34.7 Å². The molecular formula is C20H17BrFN3O2. The molecule has 1 amide bonds. The minimum absolute atomic E-state index is 0.0382. The number of amides is 1. The average Bonchev–Trinajstić information content (AvgIpc) is 3.25. The highest BCUT2D eigenvalue weighted by Crippen LogP contribution is 2.34. The van der Waals surface area contributed by atoms with Gasteiger partial charge in [0.2, 0.25) is 17.6 Å². The second kappa shape index (κ2) is 6.88. The van der Waals surface area contributed by atoms with Crippen molar-refractivity contribution in [3.63, 3.8) is 0 Å². The van der Waals surface area contributed by atoms with Crippen molar-refractivity contribution in [3.8, 4) is 11.4 Å². The number of hydrogen-bond donors (Lipinski definition) is 0. The zero-order valence-corrected chi connectivity index (χ0v) is 16.5. The summed E-state index contributed by atoms with van der Waals surface area (Å²) in [5.41, 5.74) is 3.78. The molecule has 1 saturated heterocycles. The van der Waals surface area contributed by atoms with Gasteiger partial charge in [0.1, 0.15) is 5.82 Å². The van der Waals surface area contributed by atoms with E-state index in [2.05, 4.69) is 32.1 Å². The second-order valence-electron chi connectivity index (χ2n) is 6.78. The first kappa shape index (κ1) is 17.9. The van der Waals surface area contributed by atoms with E-state index in [0.717, 1.165) is 16.8 Å². The SMILES string of the molecule is Cc1ccc(N2CC(c3nc(-c4ccc(F)c(Br)c4)no3)CC2=O)c(C)c1. The minimum Gasteiger partial charge on any atom is -0.339 e. The van der Waals surface area contributed by atoms with Crippen LogP contribution in [0.25, 0.3) is 11.4 Å². The first-order valence-electron chi connectivity index (χ1n) is 8.59. The Hall–Kier alpha value is -2.54. The van der Waals surface area contributed by atoms with Crippen molar-refractivity contribution in [2.75, 3.05) is 11.4 Å². The molecule has 1 unspecified atom stereocenters. The van der Waals surface area contributed by atoms with Crippen LogP contribution in [0.1, 0.15) is 29.4 Å². The largest absolute Gasteiger partial charge is 0.339 e. The molecule has 0 radical (unpaired) electrons. The number of aryl methyl sites for hydroxylation is 2. The quantitative estimate of drug-likeness (QED) is 0.601. The standard InChI is InChI=1S/C20H17BrFN3O2/c1-11-3-6-17(12(2)7-11)25-10-14(9-18(25)26)20-23-19(24-27-20)13-4-5-16(22)15(21)8-13/h3-8,14H,9-10H2,1-2H3. The summed E-state index contributed by atoms with van der Waals surface area (Å²) in [4.78, 5) is 18.8. The highest BCUT2D eigenvalue weighted by atomic mass is 79.9. The lowest BCUT2D eigenvalue weighted by Crippen LogP contribution is -2.25. The van der Waals surface area contributed by atoms with Gasteiger partial charge in [0.25, 0.3) is 0 Å². The first-order valence-corrected chi connectivity index (χ1v) is 9.38. The van der Waals surface area contributed by atoms with Gasteiger partial charge in [-0.3, -0.25) is 4.79 Å². The third-order valence-corrected chi connectivity index (χ3v) is 5.34. The topological polar surface area (TPSA) is 59.2 Å². The maximum absolute atomic E-state index is 13.4. The highest BCUT2D eigenvalue weighted by molar-refractivity contribution is 9.10. The van der Waals surface area contributed by atoms with E-state index in [1.165, 1.54) is 6.07 Å². The molecule has 138 valence electrons. The van der Waals surface area contributed by atoms with Gasteiger partial charge in [0.15, 0.2) is 0 Å². The Morgan fingerprint density at radius 2 is 2.04 bits per heavy atom. The molecule has 0 bridgehead atoms. The molecule has 0 spiro atoms. The molecule has 4 rings (SSSR count). The summed E-state index contributed by atoms with van der Waals surface area (Å²) in [6, 6.07) is 10.6. The fourth-order valence-electron chi connectivity index (χ4n) is 3.37. The van der Waals surface area contributed by atoms with E-state index in [9.17, 15) is 9.18 Å². The Balaban J connectivity index is 1.57. The zero-order chi connectivity index (χ0) is 19.1. The molecule has 3 aromatic rings. The fraction of sp³-hybridized carbons (Fsp3) is 0.250. The molecule has 0 aliphatic carbocycles. The molecule has 1 aliphatic heterocycles. The van der Waals surface area contributed by atoms with Crippen LogP contribution in [0.5, 0.6) is 0 Å². The van der Waals surface area contributed by atoms with Gasteiger partial charge in [-0.05, 0) is 59.6 Å². The maximum atomic E-state index is 13.4. The number of carbonyl (C=O) groups excluding carboxylic acids is 1. The van der Waals surface area contributed by atoms with Gasteiger partial charge in [-0.15, -0.1) is 0 Å². The van der Waals surface area contributed by atoms with Crippen LogP contribution in [0.4, 0.5) is 10.1 Å². The summed E-state index contributed by atoms with van der Waals surface area (Å²) in [7, 11) is 0. The minimum atomic E-state index is -0.354. The Morgan fingerprint density at radius 3 is 2.78 bits per heavy atom. The third kappa shape index (κ3) is 3.39. The molecular weight excluding hydrogens is 413 g/mol. The normalized spacial score (nSPS) is 17.0. The molecule has 27 heavy (non-hydrogen) atoms. The van der Waals surface area contributed by atoms with Gasteiger partial charge < -0.3 is 9.42 Å². The Morgan fingerprint density at radius 1 is 1.22 bits per heavy atom. The van der Waals surface area contributed by atoms with Crippen molar-refractivity contribution >= 4 is 27.5 Å². The highest BCUT2D eigenvalue weighted by Gasteiger charge is 2.35. The number of nitrogens with zero attached hydrogens (tertiary/aromatic N) is 3. The van der Waals surface area contributed by atoms with Crippen molar-refractivity contribution in [2.45, 2.75) is 26.2 Å². The van der Waals surface area contributed by atoms with Crippen molar-refractivity contribution < 1.29 is 13.7 Å². The van der Waals surface area contributed by atoms with Crippen molar-refractivity contribution in [1.82, 2.24) is 10.1 Å². The molecule has 7 heteroatoms. The van der Waals surface area contributed by atoms with Crippen LogP contribution in [0, 0.1) is 19.7 Å². The van der Waals surface area contributed by atoms with Crippen LogP contribution in [0.2, 0.25) is 0 Å². The van der Waals surface area contributed by atoms with Crippen LogP contribution in [0.3, 0.4) is 0 Å². The van der Waals surface area contributed by atoms with Gasteiger partial charge >= 0.3 is 0 Å². The Kier molecular flexibility index (Phi) is 4.55. The Bertz CT molecular complexity index is 1030. The van der Waals surface area contributed by atoms with E-state index >= 15 is 0 Å². The number of rotatable bonds is 3. The van der Waals surface area contributed by atoms with Gasteiger partial charge in [0, 0.05) is 24.2 Å². The lowest BCUT2D eigenvalue weighted by molar-refractivity contribution is -0.117. The molecule has 2 aromatic carbocycles. The van der Waals surface area contributed by atoms with E-state index in [1.807, 2.05) is 26.0 Å². The van der Waals surface area contributed by atoms with E-state index in [1.54, 1.807) is 17.0 Å². The summed E-state index contributed by atoms with van der Waals surface area (Å²) in [6.07, 6.45) is 0.321. The van der Waals surface area contributed by atoms with Crippen molar-refractivity contribution in [3.05, 3.63) is 63.7 Å². The van der Waals surface area contributed by atoms with E-state index in [-0.39, 0.29) is 17.6 Å². The molecule has 1 aliphatic rings. The molecule has 1 aromatic heterocycles. The van der Waals surface area contributed by atoms with Crippen LogP contribution in [-0.4, -0.2) is 22.6 Å². The molecule has 1 fully saturated rings. The fourth-order valence-corrected chi connectivity index (χ4v) is 3.75. The zero-order valence-electron chi connectivity index (χ0n) is 14.9. The molecule has 0 N–H and O–H groups in total. The second-order valence-corrected chi connectivity index (χ2v) is 7.63. The van der Waals surface area contributed by atoms with Gasteiger partial charge in [-0.1, -0.05) is 22.9 Å². The monoisotopic (exact) mass is 429 g/mol. The van der Waals surface area contributed by atoms with Crippen LogP contribution >= 0.6 is 15.9 Å². The van der Waals surface area contributed by atoms with Gasteiger partial charge in [-0.2, -0.15) is 4.98 Å². The lowest BCUT2D eigenvalue weighted by atomic mass is 10.1. The molecule has 0 saturated carbocycles. The van der Waals surface area contributed by atoms with Gasteiger partial charge in [0.05, 0.1) is 10.4 Å². The lowest BCUT2D eigenvalue weighted by Gasteiger charge is -2.19. The van der Waals surface area contributed by atoms with Crippen molar-refractivity contribution in [2.24, 2.45) is 0 Å². The van der Waals surface area contributed by atoms with Crippen LogP contribution in [0.15, 0.2) is 45.4 Å². The van der Waals surface area contributed by atoms with Crippen LogP contribution in [-0.2, 0) is 4.79 Å². The molecule has 5 nitrogen and oxygen atoms in total. The van der Waals surface area contributed by atoms with Crippen LogP contribution < -0.4 is 4.90 Å². The smallest absolute Gasteiger partial charge is 0.232 e. The van der Waals surface area contributed by atoms with E-state index in [4.69, 9.17) is 4.52 Å². The summed E-state index contributed by atoms with van der Waals surface area (Å²) in [5.74, 6) is 0.321. The third-order valence-electron chi connectivity index (χ3n) is 4.74. The number of benzene rings is 2. The summed E-state index contributed by atoms with van der Waals surface area (Å²) in [6.45, 7) is 4.52. The Labute approximate surface area is 164 Å². The summed E-state index contributed by atoms with van der Waals surface area (Å²) < 4.78 is 19.2. The average molecular weight is 430 g/mol. The molecule has 1 atom stereocenters. The number of anilines is 1. The molecule has 2 heterocycles. The van der Waals surface area contributed by atoms with Crippen molar-refractivity contribution in [1.29, 1.82) is 0 Å². The number of halogens is 2. The predicted octanol–water partition coefficient (Wildman–Crippen LogP) is 4.78. The summed E-state index contributed by atoms with van der Waals surface area (Å²) in [5, 5.41) is 3.99. The first-order chi connectivity index (χ1) is 12.9. The number of carbonyl (C=O) groups is 1. The number of hydrogen-bond acceptors (Lipinski definition) is 4. The maximum Gasteiger partial charge on any atom is 0.232 e. The summed E-state index contributed by atoms with van der Waals surface area (Å²) >= 11 is 3.16.